The van der Waals surface area contributed by atoms with Crippen LogP contribution in [0.1, 0.15) is 30.0 Å². The van der Waals surface area contributed by atoms with Gasteiger partial charge in [0.15, 0.2) is 0 Å². The van der Waals surface area contributed by atoms with E-state index in [1.54, 1.807) is 43.1 Å². The predicted molar refractivity (Wildman–Crippen MR) is 85.1 cm³/mol. The number of aromatic hydroxyl groups is 1. The van der Waals surface area contributed by atoms with E-state index < -0.39 is 17.9 Å². The van der Waals surface area contributed by atoms with Gasteiger partial charge < -0.3 is 15.4 Å². The topological polar surface area (TPSA) is 105 Å². The quantitative estimate of drug-likeness (QED) is 0.902. The minimum absolute atomic E-state index is 0.161. The van der Waals surface area contributed by atoms with Gasteiger partial charge in [-0.1, -0.05) is 5.16 Å². The molecule has 0 spiro atoms. The summed E-state index contributed by atoms with van der Waals surface area (Å²) in [6.07, 6.45) is 0. The summed E-state index contributed by atoms with van der Waals surface area (Å²) in [5, 5.41) is 19.7. The maximum atomic E-state index is 12.0. The first-order valence-electron chi connectivity index (χ1n) is 7.25. The second-order valence-corrected chi connectivity index (χ2v) is 5.67. The fourth-order valence-electron chi connectivity index (χ4n) is 3.05. The SMILES string of the molecule is CC1=NN(c2ccc(O)cc2)C(c2c(C)noc2C)C1C(N)=O. The van der Waals surface area contributed by atoms with Crippen LogP contribution in [0, 0.1) is 19.8 Å². The average Bonchev–Trinajstić information content (AvgIpc) is 2.99. The van der Waals surface area contributed by atoms with Crippen LogP contribution in [0.25, 0.3) is 0 Å². The number of hydrogen-bond acceptors (Lipinski definition) is 6. The zero-order chi connectivity index (χ0) is 16.7. The van der Waals surface area contributed by atoms with E-state index in [9.17, 15) is 9.90 Å². The monoisotopic (exact) mass is 314 g/mol. The van der Waals surface area contributed by atoms with Crippen LogP contribution in [0.4, 0.5) is 5.69 Å². The van der Waals surface area contributed by atoms with E-state index >= 15 is 0 Å². The second-order valence-electron chi connectivity index (χ2n) is 5.67. The Morgan fingerprint density at radius 3 is 2.43 bits per heavy atom. The first-order chi connectivity index (χ1) is 10.9. The molecule has 3 rings (SSSR count). The van der Waals surface area contributed by atoms with Gasteiger partial charge in [0.1, 0.15) is 17.4 Å². The van der Waals surface area contributed by atoms with E-state index in [2.05, 4.69) is 10.3 Å². The third kappa shape index (κ3) is 2.44. The highest BCUT2D eigenvalue weighted by atomic mass is 16.5. The molecule has 2 aromatic rings. The number of phenolic OH excluding ortho intramolecular Hbond substituents is 1. The van der Waals surface area contributed by atoms with E-state index in [4.69, 9.17) is 10.3 Å². The third-order valence-electron chi connectivity index (χ3n) is 4.10. The van der Waals surface area contributed by atoms with Crippen molar-refractivity contribution in [3.8, 4) is 5.75 Å². The molecule has 1 aliphatic rings. The molecular formula is C16H18N4O3. The number of aryl methyl sites for hydroxylation is 2. The summed E-state index contributed by atoms with van der Waals surface area (Å²) >= 11 is 0. The minimum Gasteiger partial charge on any atom is -0.508 e. The zero-order valence-corrected chi connectivity index (χ0v) is 13.1. The van der Waals surface area contributed by atoms with Crippen molar-refractivity contribution in [1.82, 2.24) is 5.16 Å². The van der Waals surface area contributed by atoms with Crippen LogP contribution in [0.5, 0.6) is 5.75 Å². The van der Waals surface area contributed by atoms with Crippen molar-refractivity contribution in [3.63, 3.8) is 0 Å². The number of aromatic nitrogens is 1. The number of nitrogens with two attached hydrogens (primary N) is 1. The summed E-state index contributed by atoms with van der Waals surface area (Å²) in [4.78, 5) is 12.0. The van der Waals surface area contributed by atoms with Crippen LogP contribution in [-0.2, 0) is 4.79 Å². The summed E-state index contributed by atoms with van der Waals surface area (Å²) < 4.78 is 5.25. The number of primary amides is 1. The average molecular weight is 314 g/mol. The van der Waals surface area contributed by atoms with Gasteiger partial charge in [0.2, 0.25) is 5.91 Å². The molecule has 7 nitrogen and oxygen atoms in total. The number of amides is 1. The van der Waals surface area contributed by atoms with Crippen LogP contribution in [0.2, 0.25) is 0 Å². The standard InChI is InChI=1S/C16H18N4O3/c1-8-14(16(17)22)15(13-9(2)19-23-10(13)3)20(18-8)11-4-6-12(21)7-5-11/h4-7,14-15,21H,1-3H3,(H2,17,22). The normalized spacial score (nSPS) is 20.7. The van der Waals surface area contributed by atoms with Gasteiger partial charge in [-0.25, -0.2) is 0 Å². The molecule has 2 heterocycles. The Morgan fingerprint density at radius 1 is 1.26 bits per heavy atom. The van der Waals surface area contributed by atoms with Crippen LogP contribution in [-0.4, -0.2) is 21.9 Å². The van der Waals surface area contributed by atoms with E-state index in [-0.39, 0.29) is 5.75 Å². The number of phenols is 1. The van der Waals surface area contributed by atoms with Crippen molar-refractivity contribution in [2.24, 2.45) is 16.8 Å². The van der Waals surface area contributed by atoms with E-state index in [1.165, 1.54) is 0 Å². The molecule has 1 aliphatic heterocycles. The number of anilines is 1. The molecule has 1 aromatic carbocycles. The van der Waals surface area contributed by atoms with Gasteiger partial charge in [-0.2, -0.15) is 5.10 Å². The number of carbonyl (C=O) groups excluding carboxylic acids is 1. The fourth-order valence-corrected chi connectivity index (χ4v) is 3.05. The maximum Gasteiger partial charge on any atom is 0.228 e. The molecule has 0 saturated carbocycles. The van der Waals surface area contributed by atoms with Gasteiger partial charge in [-0.3, -0.25) is 9.80 Å². The van der Waals surface area contributed by atoms with Crippen molar-refractivity contribution in [2.75, 3.05) is 5.01 Å². The molecule has 0 saturated heterocycles. The lowest BCUT2D eigenvalue weighted by Gasteiger charge is -2.26. The van der Waals surface area contributed by atoms with Crippen LogP contribution < -0.4 is 10.7 Å². The molecule has 7 heteroatoms. The first-order valence-corrected chi connectivity index (χ1v) is 7.25. The maximum absolute atomic E-state index is 12.0. The number of rotatable bonds is 3. The lowest BCUT2D eigenvalue weighted by molar-refractivity contribution is -0.120. The van der Waals surface area contributed by atoms with Gasteiger partial charge >= 0.3 is 0 Å². The van der Waals surface area contributed by atoms with Crippen molar-refractivity contribution >= 4 is 17.3 Å². The first kappa shape index (κ1) is 15.1. The van der Waals surface area contributed by atoms with Crippen LogP contribution in [0.15, 0.2) is 33.9 Å². The Hall–Kier alpha value is -2.83. The molecule has 0 fully saturated rings. The van der Waals surface area contributed by atoms with E-state index in [0.717, 1.165) is 11.3 Å². The highest BCUT2D eigenvalue weighted by Crippen LogP contribution is 2.41. The van der Waals surface area contributed by atoms with Crippen molar-refractivity contribution in [2.45, 2.75) is 26.8 Å². The largest absolute Gasteiger partial charge is 0.508 e. The molecule has 120 valence electrons. The summed E-state index contributed by atoms with van der Waals surface area (Å²) in [6.45, 7) is 5.41. The predicted octanol–water partition coefficient (Wildman–Crippen LogP) is 2.04. The molecular weight excluding hydrogens is 296 g/mol. The smallest absolute Gasteiger partial charge is 0.228 e. The lowest BCUT2D eigenvalue weighted by Crippen LogP contribution is -2.35. The molecule has 23 heavy (non-hydrogen) atoms. The van der Waals surface area contributed by atoms with Gasteiger partial charge in [0.25, 0.3) is 0 Å². The molecule has 1 amide bonds. The number of carbonyl (C=O) groups is 1. The molecule has 0 aliphatic carbocycles. The van der Waals surface area contributed by atoms with Crippen LogP contribution in [0.3, 0.4) is 0 Å². The minimum atomic E-state index is -0.569. The van der Waals surface area contributed by atoms with E-state index in [0.29, 0.717) is 17.2 Å². The zero-order valence-electron chi connectivity index (χ0n) is 13.1. The van der Waals surface area contributed by atoms with Crippen molar-refractivity contribution in [3.05, 3.63) is 41.3 Å². The summed E-state index contributed by atoms with van der Waals surface area (Å²) in [5.74, 6) is -0.223. The Kier molecular flexibility index (Phi) is 3.55. The molecule has 1 aromatic heterocycles. The van der Waals surface area contributed by atoms with Gasteiger partial charge in [-0.05, 0) is 45.0 Å². The fraction of sp³-hybridized carbons (Fsp3) is 0.312. The van der Waals surface area contributed by atoms with Crippen molar-refractivity contribution in [1.29, 1.82) is 0 Å². The highest BCUT2D eigenvalue weighted by molar-refractivity contribution is 6.05. The highest BCUT2D eigenvalue weighted by Gasteiger charge is 2.43. The molecule has 0 bridgehead atoms. The molecule has 0 radical (unpaired) electrons. The number of nitrogens with zero attached hydrogens (tertiary/aromatic N) is 3. The van der Waals surface area contributed by atoms with Gasteiger partial charge in [-0.15, -0.1) is 0 Å². The van der Waals surface area contributed by atoms with Gasteiger partial charge in [0.05, 0.1) is 23.1 Å². The molecule has 3 N–H and O–H groups in total. The second kappa shape index (κ2) is 5.42. The Balaban J connectivity index is 2.13. The Morgan fingerprint density at radius 2 is 1.91 bits per heavy atom. The Bertz CT molecular complexity index is 760. The number of hydrogen-bond donors (Lipinski definition) is 2. The lowest BCUT2D eigenvalue weighted by atomic mass is 9.88. The Labute approximate surface area is 133 Å². The molecule has 2 unspecified atom stereocenters. The number of benzene rings is 1. The third-order valence-corrected chi connectivity index (χ3v) is 4.10. The summed E-state index contributed by atoms with van der Waals surface area (Å²) in [6, 6.07) is 6.20. The van der Waals surface area contributed by atoms with Crippen molar-refractivity contribution < 1.29 is 14.4 Å². The number of hydrazone groups is 1. The molecule has 2 atom stereocenters. The van der Waals surface area contributed by atoms with Crippen LogP contribution >= 0.6 is 0 Å². The van der Waals surface area contributed by atoms with Gasteiger partial charge in [0, 0.05) is 5.56 Å². The summed E-state index contributed by atoms with van der Waals surface area (Å²) in [5.41, 5.74) is 8.50. The summed E-state index contributed by atoms with van der Waals surface area (Å²) in [7, 11) is 0. The van der Waals surface area contributed by atoms with E-state index in [1.807, 2.05) is 6.92 Å².